The summed E-state index contributed by atoms with van der Waals surface area (Å²) in [4.78, 5) is 23.1. The Kier molecular flexibility index (Phi) is 3.14. The van der Waals surface area contributed by atoms with Gasteiger partial charge in [-0.1, -0.05) is 6.07 Å². The summed E-state index contributed by atoms with van der Waals surface area (Å²) in [7, 11) is -3.53. The molecule has 0 radical (unpaired) electrons. The molecule has 18 heavy (non-hydrogen) atoms. The van der Waals surface area contributed by atoms with E-state index in [0.717, 1.165) is 6.26 Å². The minimum atomic E-state index is -3.53. The zero-order chi connectivity index (χ0) is 13.3. The van der Waals surface area contributed by atoms with Crippen LogP contribution in [0.1, 0.15) is 26.3 Å². The van der Waals surface area contributed by atoms with Crippen molar-refractivity contribution in [3.05, 3.63) is 47.0 Å². The Morgan fingerprint density at radius 1 is 1.06 bits per heavy atom. The van der Waals surface area contributed by atoms with Crippen LogP contribution in [0.4, 0.5) is 0 Å². The second kappa shape index (κ2) is 4.47. The van der Waals surface area contributed by atoms with E-state index < -0.39 is 10.1 Å². The molecule has 0 saturated carbocycles. The number of fused-ring (bicyclic) bond motifs is 1. The molecule has 0 amide bonds. The Morgan fingerprint density at radius 3 is 2.28 bits per heavy atom. The molecule has 0 unspecified atom stereocenters. The number of ketones is 2. The molecular weight excluding hydrogens is 256 g/mol. The van der Waals surface area contributed by atoms with E-state index in [1.807, 2.05) is 0 Å². The van der Waals surface area contributed by atoms with Crippen molar-refractivity contribution in [3.8, 4) is 0 Å². The predicted molar refractivity (Wildman–Crippen MR) is 63.9 cm³/mol. The minimum Gasteiger partial charge on any atom is -0.289 e. The topological polar surface area (TPSA) is 77.5 Å². The van der Waals surface area contributed by atoms with Crippen LogP contribution in [-0.2, 0) is 20.9 Å². The van der Waals surface area contributed by atoms with Gasteiger partial charge in [-0.2, -0.15) is 8.42 Å². The van der Waals surface area contributed by atoms with Crippen molar-refractivity contribution in [3.63, 3.8) is 0 Å². The van der Waals surface area contributed by atoms with Crippen LogP contribution in [-0.4, -0.2) is 26.2 Å². The van der Waals surface area contributed by atoms with E-state index >= 15 is 0 Å². The fraction of sp³-hybridized carbons (Fsp3) is 0.167. The molecule has 0 N–H and O–H groups in total. The first-order valence-electron chi connectivity index (χ1n) is 5.11. The van der Waals surface area contributed by atoms with Gasteiger partial charge in [0, 0.05) is 11.1 Å². The Bertz CT molecular complexity index is 655. The lowest BCUT2D eigenvalue weighted by Crippen LogP contribution is -2.12. The highest BCUT2D eigenvalue weighted by atomic mass is 32.2. The summed E-state index contributed by atoms with van der Waals surface area (Å²) in [6.07, 6.45) is 3.37. The molecule has 0 heterocycles. The fourth-order valence-electron chi connectivity index (χ4n) is 1.61. The van der Waals surface area contributed by atoms with Crippen molar-refractivity contribution >= 4 is 21.7 Å². The number of hydrogen-bond acceptors (Lipinski definition) is 5. The summed E-state index contributed by atoms with van der Waals surface area (Å²) in [5, 5.41) is 0. The molecule has 2 rings (SSSR count). The molecule has 1 aromatic rings. The van der Waals surface area contributed by atoms with Crippen LogP contribution in [0.15, 0.2) is 30.4 Å². The molecule has 0 bridgehead atoms. The lowest BCUT2D eigenvalue weighted by Gasteiger charge is -2.10. The highest BCUT2D eigenvalue weighted by Crippen LogP contribution is 2.19. The van der Waals surface area contributed by atoms with Gasteiger partial charge in [0.1, 0.15) is 0 Å². The maximum atomic E-state index is 11.6. The summed E-state index contributed by atoms with van der Waals surface area (Å²) in [5.74, 6) is -0.508. The average molecular weight is 266 g/mol. The van der Waals surface area contributed by atoms with Gasteiger partial charge in [-0.05, 0) is 29.8 Å². The monoisotopic (exact) mass is 266 g/mol. The van der Waals surface area contributed by atoms with Crippen LogP contribution in [0.2, 0.25) is 0 Å². The van der Waals surface area contributed by atoms with Crippen LogP contribution in [0.25, 0.3) is 0 Å². The summed E-state index contributed by atoms with van der Waals surface area (Å²) in [6, 6.07) is 4.54. The maximum Gasteiger partial charge on any atom is 0.264 e. The van der Waals surface area contributed by atoms with Crippen molar-refractivity contribution in [1.82, 2.24) is 0 Å². The van der Waals surface area contributed by atoms with E-state index in [-0.39, 0.29) is 23.7 Å². The lowest BCUT2D eigenvalue weighted by atomic mass is 9.93. The Hall–Kier alpha value is -1.79. The van der Waals surface area contributed by atoms with Crippen molar-refractivity contribution in [2.75, 3.05) is 6.26 Å². The number of rotatable bonds is 3. The smallest absolute Gasteiger partial charge is 0.264 e. The quantitative estimate of drug-likeness (QED) is 0.765. The summed E-state index contributed by atoms with van der Waals surface area (Å²) in [6.45, 7) is -0.155. The van der Waals surface area contributed by atoms with Gasteiger partial charge in [0.25, 0.3) is 10.1 Å². The number of benzene rings is 1. The molecule has 0 fully saturated rings. The number of allylic oxidation sites excluding steroid dienone is 2. The number of hydrogen-bond donors (Lipinski definition) is 0. The molecule has 0 atom stereocenters. The van der Waals surface area contributed by atoms with E-state index in [9.17, 15) is 18.0 Å². The molecule has 5 nitrogen and oxygen atoms in total. The zero-order valence-corrected chi connectivity index (χ0v) is 10.4. The van der Waals surface area contributed by atoms with E-state index in [4.69, 9.17) is 0 Å². The van der Waals surface area contributed by atoms with E-state index in [0.29, 0.717) is 11.1 Å². The summed E-state index contributed by atoms with van der Waals surface area (Å²) in [5.41, 5.74) is 1.12. The zero-order valence-electron chi connectivity index (χ0n) is 9.54. The maximum absolute atomic E-state index is 11.6. The largest absolute Gasteiger partial charge is 0.289 e. The van der Waals surface area contributed by atoms with Crippen molar-refractivity contribution < 1.29 is 22.2 Å². The molecule has 6 heteroatoms. The molecule has 94 valence electrons. The average Bonchev–Trinajstić information content (AvgIpc) is 2.30. The van der Waals surface area contributed by atoms with Gasteiger partial charge < -0.3 is 0 Å². The molecule has 1 aliphatic carbocycles. The molecule has 0 saturated heterocycles. The molecular formula is C12H10O5S. The second-order valence-corrected chi connectivity index (χ2v) is 5.55. The third-order valence-electron chi connectivity index (χ3n) is 2.44. The van der Waals surface area contributed by atoms with E-state index in [1.165, 1.54) is 24.3 Å². The van der Waals surface area contributed by atoms with Gasteiger partial charge in [0.2, 0.25) is 0 Å². The van der Waals surface area contributed by atoms with Crippen LogP contribution in [0, 0.1) is 0 Å². The van der Waals surface area contributed by atoms with Gasteiger partial charge in [0.05, 0.1) is 12.9 Å². The molecule has 0 aliphatic heterocycles. The molecule has 1 aliphatic rings. The first-order valence-corrected chi connectivity index (χ1v) is 6.92. The first kappa shape index (κ1) is 12.7. The van der Waals surface area contributed by atoms with Crippen molar-refractivity contribution in [2.24, 2.45) is 0 Å². The summed E-state index contributed by atoms with van der Waals surface area (Å²) < 4.78 is 26.3. The minimum absolute atomic E-state index is 0.155. The lowest BCUT2D eigenvalue weighted by molar-refractivity contribution is 0.0994. The summed E-state index contributed by atoms with van der Waals surface area (Å²) >= 11 is 0. The third kappa shape index (κ3) is 2.72. The molecule has 0 aromatic heterocycles. The van der Waals surface area contributed by atoms with Crippen LogP contribution < -0.4 is 0 Å². The highest BCUT2D eigenvalue weighted by Gasteiger charge is 2.19. The SMILES string of the molecule is CS(=O)(=O)OCc1ccc2c(c1)C(=O)C=CC2=O. The van der Waals surface area contributed by atoms with Gasteiger partial charge in [-0.15, -0.1) is 0 Å². The Labute approximate surface area is 104 Å². The fourth-order valence-corrected chi connectivity index (χ4v) is 1.96. The van der Waals surface area contributed by atoms with Gasteiger partial charge in [-0.3, -0.25) is 13.8 Å². The standard InChI is InChI=1S/C12H10O5S/c1-18(15,16)17-7-8-2-3-9-10(6-8)12(14)5-4-11(9)13/h2-6H,7H2,1H3. The first-order chi connectivity index (χ1) is 8.37. The van der Waals surface area contributed by atoms with Crippen LogP contribution in [0.3, 0.4) is 0 Å². The van der Waals surface area contributed by atoms with E-state index in [2.05, 4.69) is 4.18 Å². The highest BCUT2D eigenvalue weighted by molar-refractivity contribution is 7.85. The van der Waals surface area contributed by atoms with Crippen molar-refractivity contribution in [2.45, 2.75) is 6.61 Å². The Balaban J connectivity index is 2.31. The molecule has 0 spiro atoms. The number of carbonyl (C=O) groups is 2. The Morgan fingerprint density at radius 2 is 1.67 bits per heavy atom. The van der Waals surface area contributed by atoms with Gasteiger partial charge in [-0.25, -0.2) is 0 Å². The van der Waals surface area contributed by atoms with Crippen LogP contribution >= 0.6 is 0 Å². The van der Waals surface area contributed by atoms with Gasteiger partial charge in [0.15, 0.2) is 11.6 Å². The third-order valence-corrected chi connectivity index (χ3v) is 2.99. The van der Waals surface area contributed by atoms with Crippen LogP contribution in [0.5, 0.6) is 0 Å². The predicted octanol–water partition coefficient (Wildman–Crippen LogP) is 1.10. The molecule has 1 aromatic carbocycles. The normalized spacial score (nSPS) is 14.7. The van der Waals surface area contributed by atoms with Gasteiger partial charge >= 0.3 is 0 Å². The second-order valence-electron chi connectivity index (χ2n) is 3.91. The van der Waals surface area contributed by atoms with E-state index in [1.54, 1.807) is 6.07 Å². The number of carbonyl (C=O) groups excluding carboxylic acids is 2. The van der Waals surface area contributed by atoms with Crippen molar-refractivity contribution in [1.29, 1.82) is 0 Å².